The van der Waals surface area contributed by atoms with Gasteiger partial charge >= 0.3 is 0 Å². The third-order valence-electron chi connectivity index (χ3n) is 6.63. The second kappa shape index (κ2) is 7.44. The third-order valence-corrected chi connectivity index (χ3v) is 6.63. The van der Waals surface area contributed by atoms with E-state index in [0.717, 1.165) is 59.2 Å². The molecule has 0 spiro atoms. The number of hydrogen-bond acceptors (Lipinski definition) is 3. The van der Waals surface area contributed by atoms with Crippen LogP contribution in [0, 0.1) is 11.3 Å². The molecule has 0 bridgehead atoms. The van der Waals surface area contributed by atoms with Crippen molar-refractivity contribution < 1.29 is 14.6 Å². The molecule has 1 amide bonds. The zero-order valence-corrected chi connectivity index (χ0v) is 17.3. The van der Waals surface area contributed by atoms with Crippen LogP contribution < -0.4 is 4.74 Å². The lowest BCUT2D eigenvalue weighted by Gasteiger charge is -2.20. The van der Waals surface area contributed by atoms with Crippen LogP contribution in [-0.2, 0) is 0 Å². The van der Waals surface area contributed by atoms with E-state index in [9.17, 15) is 9.90 Å². The SMILES string of the molecule is CCCOc1cccc(-c2ccc3cc(C(=O)N4C[C@H]5C[C@@]5(CO)C4)ccc3c2)c1. The Labute approximate surface area is 177 Å². The highest BCUT2D eigenvalue weighted by Gasteiger charge is 2.60. The monoisotopic (exact) mass is 401 g/mol. The van der Waals surface area contributed by atoms with Crippen molar-refractivity contribution in [2.24, 2.45) is 11.3 Å². The van der Waals surface area contributed by atoms with Crippen LogP contribution in [0.5, 0.6) is 5.75 Å². The van der Waals surface area contributed by atoms with Gasteiger partial charge in [0.05, 0.1) is 13.2 Å². The summed E-state index contributed by atoms with van der Waals surface area (Å²) in [6, 6.07) is 20.4. The number of fused-ring (bicyclic) bond motifs is 2. The molecule has 0 aromatic heterocycles. The lowest BCUT2D eigenvalue weighted by Crippen LogP contribution is -2.32. The van der Waals surface area contributed by atoms with Gasteiger partial charge in [-0.3, -0.25) is 4.79 Å². The number of piperidine rings is 1. The number of ether oxygens (including phenoxy) is 1. The molecule has 2 aliphatic rings. The molecule has 2 fully saturated rings. The number of benzene rings is 3. The van der Waals surface area contributed by atoms with Crippen molar-refractivity contribution in [1.29, 1.82) is 0 Å². The minimum Gasteiger partial charge on any atom is -0.494 e. The number of carbonyl (C=O) groups excluding carboxylic acids is 1. The van der Waals surface area contributed by atoms with Gasteiger partial charge in [-0.2, -0.15) is 0 Å². The number of nitrogens with zero attached hydrogens (tertiary/aromatic N) is 1. The van der Waals surface area contributed by atoms with Gasteiger partial charge in [0.1, 0.15) is 5.75 Å². The van der Waals surface area contributed by atoms with E-state index in [2.05, 4.69) is 37.3 Å². The van der Waals surface area contributed by atoms with E-state index in [1.807, 2.05) is 35.2 Å². The molecule has 4 nitrogen and oxygen atoms in total. The lowest BCUT2D eigenvalue weighted by molar-refractivity contribution is 0.0751. The Bertz CT molecular complexity index is 1100. The van der Waals surface area contributed by atoms with E-state index in [-0.39, 0.29) is 17.9 Å². The molecular formula is C26H27NO3. The maximum Gasteiger partial charge on any atom is 0.253 e. The summed E-state index contributed by atoms with van der Waals surface area (Å²) in [6.45, 7) is 4.46. The highest BCUT2D eigenvalue weighted by Crippen LogP contribution is 2.57. The largest absolute Gasteiger partial charge is 0.494 e. The fourth-order valence-electron chi connectivity index (χ4n) is 4.72. The Morgan fingerprint density at radius 3 is 2.70 bits per heavy atom. The first kappa shape index (κ1) is 19.1. The van der Waals surface area contributed by atoms with Crippen LogP contribution in [0.3, 0.4) is 0 Å². The summed E-state index contributed by atoms with van der Waals surface area (Å²) in [7, 11) is 0. The van der Waals surface area contributed by atoms with Gasteiger partial charge in [0.25, 0.3) is 5.91 Å². The average molecular weight is 402 g/mol. The van der Waals surface area contributed by atoms with Crippen LogP contribution in [-0.4, -0.2) is 42.2 Å². The molecule has 1 saturated carbocycles. The summed E-state index contributed by atoms with van der Waals surface area (Å²) >= 11 is 0. The number of aliphatic hydroxyl groups excluding tert-OH is 1. The quantitative estimate of drug-likeness (QED) is 0.648. The molecule has 154 valence electrons. The lowest BCUT2D eigenvalue weighted by atomic mass is 9.99. The average Bonchev–Trinajstić information content (AvgIpc) is 3.36. The highest BCUT2D eigenvalue weighted by atomic mass is 16.5. The van der Waals surface area contributed by atoms with Crippen LogP contribution in [0.15, 0.2) is 60.7 Å². The number of carbonyl (C=O) groups is 1. The van der Waals surface area contributed by atoms with Crippen molar-refractivity contribution in [1.82, 2.24) is 4.90 Å². The van der Waals surface area contributed by atoms with E-state index in [1.165, 1.54) is 0 Å². The van der Waals surface area contributed by atoms with Gasteiger partial charge in [-0.25, -0.2) is 0 Å². The van der Waals surface area contributed by atoms with Crippen LogP contribution in [0.25, 0.3) is 21.9 Å². The van der Waals surface area contributed by atoms with E-state index in [1.54, 1.807) is 0 Å². The van der Waals surface area contributed by atoms with Crippen molar-refractivity contribution in [3.05, 3.63) is 66.2 Å². The number of hydrogen-bond donors (Lipinski definition) is 1. The van der Waals surface area contributed by atoms with Crippen LogP contribution in [0.4, 0.5) is 0 Å². The smallest absolute Gasteiger partial charge is 0.253 e. The van der Waals surface area contributed by atoms with Crippen LogP contribution in [0.1, 0.15) is 30.1 Å². The van der Waals surface area contributed by atoms with Gasteiger partial charge < -0.3 is 14.7 Å². The van der Waals surface area contributed by atoms with Crippen molar-refractivity contribution in [2.75, 3.05) is 26.3 Å². The van der Waals surface area contributed by atoms with Gasteiger partial charge in [0.15, 0.2) is 0 Å². The second-order valence-corrected chi connectivity index (χ2v) is 8.76. The maximum atomic E-state index is 13.0. The van der Waals surface area contributed by atoms with Crippen molar-refractivity contribution >= 4 is 16.7 Å². The summed E-state index contributed by atoms with van der Waals surface area (Å²) in [6.07, 6.45) is 2.04. The number of amides is 1. The topological polar surface area (TPSA) is 49.8 Å². The molecule has 3 aromatic carbocycles. The molecule has 0 unspecified atom stereocenters. The first-order valence-electron chi connectivity index (χ1n) is 10.8. The summed E-state index contributed by atoms with van der Waals surface area (Å²) in [5.74, 6) is 1.44. The Kier molecular flexibility index (Phi) is 4.75. The molecule has 30 heavy (non-hydrogen) atoms. The first-order valence-corrected chi connectivity index (χ1v) is 10.8. The molecule has 1 heterocycles. The summed E-state index contributed by atoms with van der Waals surface area (Å²) in [4.78, 5) is 14.9. The van der Waals surface area contributed by atoms with Gasteiger partial charge in [-0.15, -0.1) is 0 Å². The van der Waals surface area contributed by atoms with Crippen LogP contribution in [0.2, 0.25) is 0 Å². The zero-order valence-electron chi connectivity index (χ0n) is 17.3. The standard InChI is InChI=1S/C26H27NO3/c1-2-10-30-24-5-3-4-18(13-24)19-6-7-21-12-22(9-8-20(21)11-19)25(29)27-15-23-14-26(23,16-27)17-28/h3-9,11-13,23,28H,2,10,14-17H2,1H3/t23-,26+/m1/s1. The van der Waals surface area contributed by atoms with Gasteiger partial charge in [0.2, 0.25) is 0 Å². The zero-order chi connectivity index (χ0) is 20.7. The molecule has 1 aliphatic heterocycles. The van der Waals surface area contributed by atoms with Crippen molar-refractivity contribution in [3.8, 4) is 16.9 Å². The Morgan fingerprint density at radius 2 is 1.90 bits per heavy atom. The minimum absolute atomic E-state index is 0.0171. The molecule has 3 aromatic rings. The minimum atomic E-state index is -0.0171. The van der Waals surface area contributed by atoms with E-state index in [4.69, 9.17) is 4.74 Å². The van der Waals surface area contributed by atoms with E-state index < -0.39 is 0 Å². The number of likely N-dealkylation sites (tertiary alicyclic amines) is 1. The molecule has 1 saturated heterocycles. The van der Waals surface area contributed by atoms with Crippen molar-refractivity contribution in [3.63, 3.8) is 0 Å². The third kappa shape index (κ3) is 3.35. The fraction of sp³-hybridized carbons (Fsp3) is 0.346. The normalized spacial score (nSPS) is 22.2. The predicted octanol–water partition coefficient (Wildman–Crippen LogP) is 4.75. The molecule has 2 atom stereocenters. The van der Waals surface area contributed by atoms with Gasteiger partial charge in [0, 0.05) is 24.1 Å². The molecule has 1 aliphatic carbocycles. The highest BCUT2D eigenvalue weighted by molar-refractivity contribution is 5.99. The molecule has 1 N–H and O–H groups in total. The summed E-state index contributed by atoms with van der Waals surface area (Å²) in [5.41, 5.74) is 2.96. The van der Waals surface area contributed by atoms with Gasteiger partial charge in [-0.05, 0) is 71.0 Å². The second-order valence-electron chi connectivity index (χ2n) is 8.76. The van der Waals surface area contributed by atoms with E-state index >= 15 is 0 Å². The Morgan fingerprint density at radius 1 is 1.10 bits per heavy atom. The summed E-state index contributed by atoms with van der Waals surface area (Å²) in [5, 5.41) is 11.8. The Hall–Kier alpha value is -2.85. The number of rotatable bonds is 6. The predicted molar refractivity (Wildman–Crippen MR) is 119 cm³/mol. The van der Waals surface area contributed by atoms with E-state index in [0.29, 0.717) is 12.5 Å². The fourth-order valence-corrected chi connectivity index (χ4v) is 4.72. The molecule has 4 heteroatoms. The maximum absolute atomic E-state index is 13.0. The number of aliphatic hydroxyl groups is 1. The summed E-state index contributed by atoms with van der Waals surface area (Å²) < 4.78 is 5.76. The molecular weight excluding hydrogens is 374 g/mol. The van der Waals surface area contributed by atoms with Crippen molar-refractivity contribution in [2.45, 2.75) is 19.8 Å². The van der Waals surface area contributed by atoms with Crippen LogP contribution >= 0.6 is 0 Å². The molecule has 0 radical (unpaired) electrons. The van der Waals surface area contributed by atoms with Gasteiger partial charge in [-0.1, -0.05) is 37.3 Å². The molecule has 5 rings (SSSR count). The Balaban J connectivity index is 1.37. The first-order chi connectivity index (χ1) is 14.6.